The molecule has 1 heterocycles. The number of carbonyl (C=O) groups excluding carboxylic acids is 1. The quantitative estimate of drug-likeness (QED) is 0.789. The van der Waals surface area contributed by atoms with Gasteiger partial charge in [0.2, 0.25) is 0 Å². The van der Waals surface area contributed by atoms with Gasteiger partial charge in [-0.25, -0.2) is 0 Å². The van der Waals surface area contributed by atoms with Crippen LogP contribution >= 0.6 is 0 Å². The van der Waals surface area contributed by atoms with Crippen molar-refractivity contribution in [1.82, 2.24) is 4.98 Å². The van der Waals surface area contributed by atoms with Gasteiger partial charge in [-0.2, -0.15) is 0 Å². The van der Waals surface area contributed by atoms with Crippen molar-refractivity contribution in [2.24, 2.45) is 11.8 Å². The minimum Gasteiger partial charge on any atom is -0.299 e. The van der Waals surface area contributed by atoms with Crippen LogP contribution in [0, 0.1) is 11.8 Å². The van der Waals surface area contributed by atoms with E-state index in [1.54, 1.807) is 0 Å². The van der Waals surface area contributed by atoms with Crippen LogP contribution in [0.25, 0.3) is 0 Å². The first-order valence-electron chi connectivity index (χ1n) is 7.21. The third kappa shape index (κ3) is 3.66. The van der Waals surface area contributed by atoms with Gasteiger partial charge in [-0.3, -0.25) is 9.78 Å². The molecule has 1 aromatic rings. The van der Waals surface area contributed by atoms with Crippen LogP contribution in [-0.4, -0.2) is 10.8 Å². The van der Waals surface area contributed by atoms with Crippen LogP contribution in [0.15, 0.2) is 24.5 Å². The molecule has 98 valence electrons. The number of carbonyl (C=O) groups is 1. The molecule has 0 aliphatic heterocycles. The van der Waals surface area contributed by atoms with Crippen LogP contribution in [-0.2, 0) is 11.2 Å². The highest BCUT2D eigenvalue weighted by atomic mass is 16.1. The zero-order chi connectivity index (χ0) is 12.8. The largest absolute Gasteiger partial charge is 0.299 e. The zero-order valence-electron chi connectivity index (χ0n) is 11.3. The van der Waals surface area contributed by atoms with Gasteiger partial charge in [0.1, 0.15) is 5.78 Å². The van der Waals surface area contributed by atoms with E-state index in [0.717, 1.165) is 38.0 Å². The fraction of sp³-hybridized carbons (Fsp3) is 0.625. The Balaban J connectivity index is 1.85. The van der Waals surface area contributed by atoms with E-state index >= 15 is 0 Å². The molecule has 1 aliphatic carbocycles. The summed E-state index contributed by atoms with van der Waals surface area (Å²) in [4.78, 5) is 16.0. The molecule has 0 saturated heterocycles. The van der Waals surface area contributed by atoms with Crippen molar-refractivity contribution >= 4 is 5.78 Å². The standard InChI is InChI=1S/C16H23NO/c1-2-3-14-5-7-16(18)15(12-14)6-4-13-8-10-17-11-9-13/h8-11,14-15H,2-7,12H2,1H3. The summed E-state index contributed by atoms with van der Waals surface area (Å²) < 4.78 is 0. The highest BCUT2D eigenvalue weighted by Gasteiger charge is 2.27. The molecule has 0 spiro atoms. The van der Waals surface area contributed by atoms with Gasteiger partial charge < -0.3 is 0 Å². The molecule has 1 aliphatic rings. The molecule has 1 fully saturated rings. The third-order valence-corrected chi connectivity index (χ3v) is 4.10. The Hall–Kier alpha value is -1.18. The second kappa shape index (κ2) is 6.67. The number of hydrogen-bond donors (Lipinski definition) is 0. The predicted molar refractivity (Wildman–Crippen MR) is 73.3 cm³/mol. The molecule has 18 heavy (non-hydrogen) atoms. The van der Waals surface area contributed by atoms with Gasteiger partial charge in [0, 0.05) is 24.7 Å². The number of aryl methyl sites for hydroxylation is 1. The highest BCUT2D eigenvalue weighted by molar-refractivity contribution is 5.81. The molecule has 1 saturated carbocycles. The van der Waals surface area contributed by atoms with E-state index in [2.05, 4.69) is 24.0 Å². The van der Waals surface area contributed by atoms with Crippen LogP contribution < -0.4 is 0 Å². The van der Waals surface area contributed by atoms with Crippen LogP contribution in [0.5, 0.6) is 0 Å². The Bertz CT molecular complexity index is 374. The Kier molecular flexibility index (Phi) is 4.91. The van der Waals surface area contributed by atoms with Gasteiger partial charge in [0.05, 0.1) is 0 Å². The maximum absolute atomic E-state index is 12.0. The molecule has 0 radical (unpaired) electrons. The van der Waals surface area contributed by atoms with Crippen LogP contribution in [0.2, 0.25) is 0 Å². The van der Waals surface area contributed by atoms with E-state index in [-0.39, 0.29) is 0 Å². The molecule has 0 N–H and O–H groups in total. The smallest absolute Gasteiger partial charge is 0.136 e. The van der Waals surface area contributed by atoms with Gasteiger partial charge in [0.25, 0.3) is 0 Å². The summed E-state index contributed by atoms with van der Waals surface area (Å²) >= 11 is 0. The van der Waals surface area contributed by atoms with Crippen molar-refractivity contribution in [3.05, 3.63) is 30.1 Å². The highest BCUT2D eigenvalue weighted by Crippen LogP contribution is 2.32. The normalized spacial score (nSPS) is 24.2. The number of ketones is 1. The van der Waals surface area contributed by atoms with E-state index in [0.29, 0.717) is 11.7 Å². The molecule has 2 rings (SSSR count). The summed E-state index contributed by atoms with van der Waals surface area (Å²) in [6, 6.07) is 4.10. The van der Waals surface area contributed by atoms with Crippen LogP contribution in [0.4, 0.5) is 0 Å². The van der Waals surface area contributed by atoms with Crippen molar-refractivity contribution in [2.45, 2.75) is 51.9 Å². The summed E-state index contributed by atoms with van der Waals surface area (Å²) in [7, 11) is 0. The summed E-state index contributed by atoms with van der Waals surface area (Å²) in [5, 5.41) is 0. The minimum absolute atomic E-state index is 0.309. The summed E-state index contributed by atoms with van der Waals surface area (Å²) in [5.41, 5.74) is 1.30. The molecule has 0 aromatic carbocycles. The SMILES string of the molecule is CCCC1CCC(=O)C(CCc2ccncc2)C1. The molecule has 2 atom stereocenters. The van der Waals surface area contributed by atoms with Gasteiger partial charge >= 0.3 is 0 Å². The number of aromatic nitrogens is 1. The first kappa shape index (κ1) is 13.3. The van der Waals surface area contributed by atoms with Crippen LogP contribution in [0.1, 0.15) is 51.0 Å². The lowest BCUT2D eigenvalue weighted by atomic mass is 9.76. The molecule has 2 unspecified atom stereocenters. The van der Waals surface area contributed by atoms with Crippen molar-refractivity contribution in [3.8, 4) is 0 Å². The van der Waals surface area contributed by atoms with Gasteiger partial charge in [-0.05, 0) is 49.3 Å². The second-order valence-corrected chi connectivity index (χ2v) is 5.49. The van der Waals surface area contributed by atoms with Gasteiger partial charge in [0.15, 0.2) is 0 Å². The first-order chi connectivity index (χ1) is 8.79. The minimum atomic E-state index is 0.309. The number of Topliss-reactive ketones (excluding diaryl/α,β-unsaturated/α-hetero) is 1. The van der Waals surface area contributed by atoms with E-state index in [9.17, 15) is 4.79 Å². The lowest BCUT2D eigenvalue weighted by Gasteiger charge is -2.28. The Morgan fingerprint density at radius 3 is 2.78 bits per heavy atom. The first-order valence-corrected chi connectivity index (χ1v) is 7.21. The van der Waals surface area contributed by atoms with E-state index in [4.69, 9.17) is 0 Å². The van der Waals surface area contributed by atoms with Gasteiger partial charge in [-0.1, -0.05) is 19.8 Å². The van der Waals surface area contributed by atoms with Crippen molar-refractivity contribution < 1.29 is 4.79 Å². The molecule has 2 heteroatoms. The van der Waals surface area contributed by atoms with Crippen molar-refractivity contribution in [1.29, 1.82) is 0 Å². The lowest BCUT2D eigenvalue weighted by Crippen LogP contribution is -2.25. The topological polar surface area (TPSA) is 30.0 Å². The summed E-state index contributed by atoms with van der Waals surface area (Å²) in [6.45, 7) is 2.24. The summed E-state index contributed by atoms with van der Waals surface area (Å²) in [6.07, 6.45) is 11.3. The predicted octanol–water partition coefficient (Wildman–Crippen LogP) is 3.80. The van der Waals surface area contributed by atoms with Crippen LogP contribution in [0.3, 0.4) is 0 Å². The lowest BCUT2D eigenvalue weighted by molar-refractivity contribution is -0.125. The summed E-state index contributed by atoms with van der Waals surface area (Å²) in [5.74, 6) is 1.59. The molecule has 1 aromatic heterocycles. The maximum atomic E-state index is 12.0. The zero-order valence-corrected chi connectivity index (χ0v) is 11.3. The van der Waals surface area contributed by atoms with E-state index in [1.807, 2.05) is 12.4 Å². The van der Waals surface area contributed by atoms with Crippen molar-refractivity contribution in [3.63, 3.8) is 0 Å². The van der Waals surface area contributed by atoms with E-state index < -0.39 is 0 Å². The molecule has 0 amide bonds. The van der Waals surface area contributed by atoms with Gasteiger partial charge in [-0.15, -0.1) is 0 Å². The number of hydrogen-bond acceptors (Lipinski definition) is 2. The average Bonchev–Trinajstić information content (AvgIpc) is 2.41. The average molecular weight is 245 g/mol. The Morgan fingerprint density at radius 2 is 2.06 bits per heavy atom. The Labute approximate surface area is 110 Å². The monoisotopic (exact) mass is 245 g/mol. The molecular formula is C16H23NO. The van der Waals surface area contributed by atoms with Crippen molar-refractivity contribution in [2.75, 3.05) is 0 Å². The molecule has 2 nitrogen and oxygen atoms in total. The molecule has 0 bridgehead atoms. The fourth-order valence-electron chi connectivity index (χ4n) is 3.04. The molecular weight excluding hydrogens is 222 g/mol. The maximum Gasteiger partial charge on any atom is 0.136 e. The van der Waals surface area contributed by atoms with E-state index in [1.165, 1.54) is 18.4 Å². The Morgan fingerprint density at radius 1 is 1.28 bits per heavy atom. The fourth-order valence-corrected chi connectivity index (χ4v) is 3.04. The number of nitrogens with zero attached hydrogens (tertiary/aromatic N) is 1. The third-order valence-electron chi connectivity index (χ3n) is 4.10. The second-order valence-electron chi connectivity index (χ2n) is 5.49. The number of rotatable bonds is 5. The number of pyridine rings is 1.